The molecule has 0 aliphatic carbocycles. The number of amides is 1. The number of rotatable bonds is 7. The number of methoxy groups -OCH3 is 1. The number of aromatic nitrogens is 1. The number of carbonyl (C=O) groups is 1. The summed E-state index contributed by atoms with van der Waals surface area (Å²) < 4.78 is 46.4. The van der Waals surface area contributed by atoms with Crippen molar-refractivity contribution in [3.8, 4) is 5.75 Å². The third kappa shape index (κ3) is 5.05. The molecule has 2 N–H and O–H groups in total. The fourth-order valence-corrected chi connectivity index (χ4v) is 4.06. The zero-order valence-corrected chi connectivity index (χ0v) is 17.3. The van der Waals surface area contributed by atoms with E-state index in [1.165, 1.54) is 62.0 Å². The fourth-order valence-electron chi connectivity index (χ4n) is 2.61. The number of ether oxygens (including phenoxy) is 1. The summed E-state index contributed by atoms with van der Waals surface area (Å²) >= 11 is 5.74. The van der Waals surface area contributed by atoms with E-state index in [9.17, 15) is 17.6 Å². The standard InChI is InChI=1S/C20H17ClFN3O4S/c1-29-15-9-14(11-23-12-15)25-30(27,28)19-5-3-2-4-16(19)20(26)24-10-13-6-7-18(22)17(21)8-13/h2-9,11-12,25H,10H2,1H3,(H,24,26). The van der Waals surface area contributed by atoms with E-state index < -0.39 is 21.7 Å². The summed E-state index contributed by atoms with van der Waals surface area (Å²) in [5.41, 5.74) is 0.704. The highest BCUT2D eigenvalue weighted by Gasteiger charge is 2.22. The van der Waals surface area contributed by atoms with E-state index in [0.29, 0.717) is 11.3 Å². The van der Waals surface area contributed by atoms with Crippen LogP contribution in [0.15, 0.2) is 65.8 Å². The van der Waals surface area contributed by atoms with E-state index in [1.54, 1.807) is 6.07 Å². The topological polar surface area (TPSA) is 97.4 Å². The quantitative estimate of drug-likeness (QED) is 0.574. The van der Waals surface area contributed by atoms with Crippen molar-refractivity contribution in [2.75, 3.05) is 11.8 Å². The van der Waals surface area contributed by atoms with Gasteiger partial charge in [0.05, 0.1) is 35.8 Å². The number of hydrogen-bond acceptors (Lipinski definition) is 5. The Hall–Kier alpha value is -3.17. The van der Waals surface area contributed by atoms with E-state index in [0.717, 1.165) is 0 Å². The van der Waals surface area contributed by atoms with Gasteiger partial charge >= 0.3 is 0 Å². The maximum Gasteiger partial charge on any atom is 0.262 e. The van der Waals surface area contributed by atoms with Gasteiger partial charge in [-0.25, -0.2) is 12.8 Å². The van der Waals surface area contributed by atoms with Crippen LogP contribution < -0.4 is 14.8 Å². The molecule has 2 aromatic carbocycles. The van der Waals surface area contributed by atoms with Gasteiger partial charge in [-0.3, -0.25) is 14.5 Å². The van der Waals surface area contributed by atoms with Gasteiger partial charge in [0.25, 0.3) is 15.9 Å². The van der Waals surface area contributed by atoms with Gasteiger partial charge in [0, 0.05) is 12.6 Å². The summed E-state index contributed by atoms with van der Waals surface area (Å²) in [7, 11) is -2.65. The van der Waals surface area contributed by atoms with Crippen molar-refractivity contribution in [2.45, 2.75) is 11.4 Å². The molecule has 0 unspecified atom stereocenters. The molecule has 3 rings (SSSR count). The molecule has 1 aromatic heterocycles. The number of benzene rings is 2. The Morgan fingerprint density at radius 2 is 1.93 bits per heavy atom. The number of nitrogens with zero attached hydrogens (tertiary/aromatic N) is 1. The lowest BCUT2D eigenvalue weighted by atomic mass is 10.2. The molecule has 1 heterocycles. The second-order valence-corrected chi connectivity index (χ2v) is 8.20. The molecule has 0 aliphatic heterocycles. The number of hydrogen-bond donors (Lipinski definition) is 2. The lowest BCUT2D eigenvalue weighted by Gasteiger charge is -2.13. The van der Waals surface area contributed by atoms with Crippen molar-refractivity contribution >= 4 is 33.2 Å². The average molecular weight is 450 g/mol. The van der Waals surface area contributed by atoms with E-state index in [2.05, 4.69) is 15.0 Å². The highest BCUT2D eigenvalue weighted by atomic mass is 35.5. The monoisotopic (exact) mass is 449 g/mol. The fraction of sp³-hybridized carbons (Fsp3) is 0.100. The lowest BCUT2D eigenvalue weighted by molar-refractivity contribution is 0.0947. The Morgan fingerprint density at radius 1 is 1.17 bits per heavy atom. The normalized spacial score (nSPS) is 11.0. The van der Waals surface area contributed by atoms with E-state index >= 15 is 0 Å². The van der Waals surface area contributed by atoms with Crippen LogP contribution in [0.4, 0.5) is 10.1 Å². The highest BCUT2D eigenvalue weighted by Crippen LogP contribution is 2.22. The molecule has 0 spiro atoms. The Bertz CT molecular complexity index is 1190. The van der Waals surface area contributed by atoms with Gasteiger partial charge in [-0.15, -0.1) is 0 Å². The summed E-state index contributed by atoms with van der Waals surface area (Å²) in [6.45, 7) is 0.0421. The molecule has 0 atom stereocenters. The first-order valence-corrected chi connectivity index (χ1v) is 10.5. The third-order valence-electron chi connectivity index (χ3n) is 4.06. The molecular formula is C20H17ClFN3O4S. The van der Waals surface area contributed by atoms with E-state index in [4.69, 9.17) is 16.3 Å². The molecule has 0 saturated heterocycles. The molecule has 3 aromatic rings. The smallest absolute Gasteiger partial charge is 0.262 e. The van der Waals surface area contributed by atoms with Crippen LogP contribution in [-0.2, 0) is 16.6 Å². The molecule has 0 bridgehead atoms. The zero-order valence-electron chi connectivity index (χ0n) is 15.7. The van der Waals surface area contributed by atoms with Gasteiger partial charge in [0.1, 0.15) is 16.5 Å². The number of halogens is 2. The van der Waals surface area contributed by atoms with Crippen molar-refractivity contribution in [2.24, 2.45) is 0 Å². The Kier molecular flexibility index (Phi) is 6.53. The predicted molar refractivity (Wildman–Crippen MR) is 111 cm³/mol. The number of nitrogens with one attached hydrogen (secondary N) is 2. The van der Waals surface area contributed by atoms with Crippen molar-refractivity contribution in [1.82, 2.24) is 10.3 Å². The van der Waals surface area contributed by atoms with Gasteiger partial charge in [-0.05, 0) is 29.8 Å². The summed E-state index contributed by atoms with van der Waals surface area (Å²) in [4.78, 5) is 16.3. The molecule has 1 amide bonds. The van der Waals surface area contributed by atoms with Crippen molar-refractivity contribution in [1.29, 1.82) is 0 Å². The summed E-state index contributed by atoms with van der Waals surface area (Å²) in [5.74, 6) is -0.805. The van der Waals surface area contributed by atoms with Gasteiger partial charge < -0.3 is 10.1 Å². The molecule has 156 valence electrons. The maximum absolute atomic E-state index is 13.3. The average Bonchev–Trinajstić information content (AvgIpc) is 2.74. The minimum absolute atomic E-state index is 0.0421. The van der Waals surface area contributed by atoms with Gasteiger partial charge in [-0.2, -0.15) is 0 Å². The molecule has 7 nitrogen and oxygen atoms in total. The summed E-state index contributed by atoms with van der Waals surface area (Å²) in [6, 6.07) is 11.3. The van der Waals surface area contributed by atoms with Crippen LogP contribution in [0.1, 0.15) is 15.9 Å². The molecule has 10 heteroatoms. The third-order valence-corrected chi connectivity index (χ3v) is 5.79. The number of anilines is 1. The van der Waals surface area contributed by atoms with Crippen LogP contribution >= 0.6 is 11.6 Å². The van der Waals surface area contributed by atoms with Crippen LogP contribution in [0.2, 0.25) is 5.02 Å². The number of carbonyl (C=O) groups excluding carboxylic acids is 1. The van der Waals surface area contributed by atoms with Gasteiger partial charge in [-0.1, -0.05) is 29.8 Å². The predicted octanol–water partition coefficient (Wildman–Crippen LogP) is 3.61. The highest BCUT2D eigenvalue weighted by molar-refractivity contribution is 7.92. The minimum atomic E-state index is -4.09. The van der Waals surface area contributed by atoms with Crippen LogP contribution in [0.5, 0.6) is 5.75 Å². The largest absolute Gasteiger partial charge is 0.495 e. The molecule has 0 saturated carbocycles. The molecule has 0 aliphatic rings. The second-order valence-electron chi connectivity index (χ2n) is 6.15. The van der Waals surface area contributed by atoms with Crippen molar-refractivity contribution in [3.63, 3.8) is 0 Å². The molecular weight excluding hydrogens is 433 g/mol. The SMILES string of the molecule is COc1cncc(NS(=O)(=O)c2ccccc2C(=O)NCc2ccc(F)c(Cl)c2)c1. The second kappa shape index (κ2) is 9.10. The van der Waals surface area contributed by atoms with Crippen molar-refractivity contribution in [3.05, 3.63) is 82.9 Å². The van der Waals surface area contributed by atoms with Crippen LogP contribution in [0.25, 0.3) is 0 Å². The maximum atomic E-state index is 13.3. The lowest BCUT2D eigenvalue weighted by Crippen LogP contribution is -2.26. The first-order valence-electron chi connectivity index (χ1n) is 8.63. The molecule has 0 fully saturated rings. The van der Waals surface area contributed by atoms with E-state index in [1.807, 2.05) is 0 Å². The number of pyridine rings is 1. The Labute approximate surface area is 177 Å². The minimum Gasteiger partial charge on any atom is -0.495 e. The van der Waals surface area contributed by atoms with Gasteiger partial charge in [0.15, 0.2) is 0 Å². The Balaban J connectivity index is 1.81. The number of sulfonamides is 1. The van der Waals surface area contributed by atoms with Crippen LogP contribution in [0.3, 0.4) is 0 Å². The molecule has 30 heavy (non-hydrogen) atoms. The van der Waals surface area contributed by atoms with Crippen LogP contribution in [-0.4, -0.2) is 26.4 Å². The first-order chi connectivity index (χ1) is 14.3. The summed E-state index contributed by atoms with van der Waals surface area (Å²) in [6.07, 6.45) is 2.75. The molecule has 0 radical (unpaired) electrons. The van der Waals surface area contributed by atoms with E-state index in [-0.39, 0.29) is 27.7 Å². The van der Waals surface area contributed by atoms with Crippen LogP contribution in [0, 0.1) is 5.82 Å². The first kappa shape index (κ1) is 21.5. The zero-order chi connectivity index (χ0) is 21.7. The van der Waals surface area contributed by atoms with Gasteiger partial charge in [0.2, 0.25) is 0 Å². The van der Waals surface area contributed by atoms with Crippen molar-refractivity contribution < 1.29 is 22.3 Å². The summed E-state index contributed by atoms with van der Waals surface area (Å²) in [5, 5.41) is 2.54. The Morgan fingerprint density at radius 3 is 2.67 bits per heavy atom.